The Morgan fingerprint density at radius 3 is 2.44 bits per heavy atom. The summed E-state index contributed by atoms with van der Waals surface area (Å²) < 4.78 is 5.61. The number of esters is 1. The Hall–Kier alpha value is -1.97. The minimum atomic E-state index is -0.261. The molecular weight excluding hydrogens is 312 g/mol. The first-order chi connectivity index (χ1) is 12.2. The van der Waals surface area contributed by atoms with Crippen molar-refractivity contribution in [3.05, 3.63) is 36.2 Å². The van der Waals surface area contributed by atoms with Gasteiger partial charge in [-0.25, -0.2) is 4.79 Å². The zero-order chi connectivity index (χ0) is 17.9. The van der Waals surface area contributed by atoms with E-state index in [1.807, 2.05) is 6.07 Å². The lowest BCUT2D eigenvalue weighted by molar-refractivity contribution is 0.0422. The molecule has 0 saturated carbocycles. The number of carbonyl (C=O) groups excluding carboxylic acids is 1. The number of hydrogen-bond acceptors (Lipinski definition) is 4. The number of fused-ring (bicyclic) bond motifs is 1. The zero-order valence-electron chi connectivity index (χ0n) is 15.5. The Morgan fingerprint density at radius 2 is 1.68 bits per heavy atom. The van der Waals surface area contributed by atoms with Gasteiger partial charge in [-0.3, -0.25) is 9.97 Å². The molecule has 0 aliphatic heterocycles. The van der Waals surface area contributed by atoms with Crippen LogP contribution in [0.25, 0.3) is 11.0 Å². The smallest absolute Gasteiger partial charge is 0.338 e. The number of benzene rings is 1. The molecule has 1 aromatic carbocycles. The Morgan fingerprint density at radius 1 is 0.960 bits per heavy atom. The Labute approximate surface area is 151 Å². The maximum Gasteiger partial charge on any atom is 0.338 e. The summed E-state index contributed by atoms with van der Waals surface area (Å²) in [5.41, 5.74) is 2.06. The molecule has 1 aromatic heterocycles. The minimum Gasteiger partial charge on any atom is -0.462 e. The second-order valence-electron chi connectivity index (χ2n) is 6.72. The molecule has 0 aliphatic carbocycles. The summed E-state index contributed by atoms with van der Waals surface area (Å²) >= 11 is 0. The summed E-state index contributed by atoms with van der Waals surface area (Å²) in [4.78, 5) is 20.8. The number of hydrogen-bond donors (Lipinski definition) is 0. The number of ether oxygens (including phenoxy) is 1. The van der Waals surface area contributed by atoms with Gasteiger partial charge in [-0.05, 0) is 37.0 Å². The first-order valence-electron chi connectivity index (χ1n) is 9.62. The fourth-order valence-electron chi connectivity index (χ4n) is 3.03. The predicted octanol–water partition coefficient (Wildman–Crippen LogP) is 5.56. The second-order valence-corrected chi connectivity index (χ2v) is 6.72. The third kappa shape index (κ3) is 6.45. The Bertz CT molecular complexity index is 657. The number of carbonyl (C=O) groups is 1. The first-order valence-corrected chi connectivity index (χ1v) is 9.62. The molecule has 136 valence electrons. The fourth-order valence-corrected chi connectivity index (χ4v) is 3.03. The van der Waals surface area contributed by atoms with Gasteiger partial charge >= 0.3 is 5.97 Å². The number of rotatable bonds is 11. The molecule has 1 atom stereocenters. The fraction of sp³-hybridized carbons (Fsp3) is 0.571. The van der Waals surface area contributed by atoms with E-state index >= 15 is 0 Å². The van der Waals surface area contributed by atoms with Crippen molar-refractivity contribution in [1.82, 2.24) is 9.97 Å². The van der Waals surface area contributed by atoms with Crippen molar-refractivity contribution in [3.8, 4) is 0 Å². The molecule has 4 nitrogen and oxygen atoms in total. The van der Waals surface area contributed by atoms with E-state index in [4.69, 9.17) is 4.74 Å². The van der Waals surface area contributed by atoms with Gasteiger partial charge in [-0.1, -0.05) is 52.4 Å². The van der Waals surface area contributed by atoms with E-state index in [1.54, 1.807) is 24.5 Å². The van der Waals surface area contributed by atoms with Gasteiger partial charge < -0.3 is 4.74 Å². The molecule has 25 heavy (non-hydrogen) atoms. The van der Waals surface area contributed by atoms with Crippen LogP contribution in [0.1, 0.15) is 75.6 Å². The lowest BCUT2D eigenvalue weighted by Gasteiger charge is -2.17. The largest absolute Gasteiger partial charge is 0.462 e. The molecule has 0 bridgehead atoms. The average Bonchev–Trinajstić information content (AvgIpc) is 2.66. The van der Waals surface area contributed by atoms with Gasteiger partial charge in [0.2, 0.25) is 0 Å². The van der Waals surface area contributed by atoms with Gasteiger partial charge in [-0.2, -0.15) is 0 Å². The predicted molar refractivity (Wildman–Crippen MR) is 102 cm³/mol. The third-order valence-electron chi connectivity index (χ3n) is 4.59. The molecule has 1 unspecified atom stereocenters. The highest BCUT2D eigenvalue weighted by atomic mass is 16.5. The van der Waals surface area contributed by atoms with Crippen LogP contribution in [0.3, 0.4) is 0 Å². The van der Waals surface area contributed by atoms with Crippen molar-refractivity contribution in [1.29, 1.82) is 0 Å². The highest BCUT2D eigenvalue weighted by Gasteiger charge is 2.14. The zero-order valence-corrected chi connectivity index (χ0v) is 15.5. The molecule has 2 aromatic rings. The van der Waals surface area contributed by atoms with Gasteiger partial charge in [0.05, 0.1) is 23.2 Å². The topological polar surface area (TPSA) is 52.1 Å². The van der Waals surface area contributed by atoms with Crippen LogP contribution >= 0.6 is 0 Å². The summed E-state index contributed by atoms with van der Waals surface area (Å²) in [6, 6.07) is 5.34. The molecule has 0 spiro atoms. The van der Waals surface area contributed by atoms with Crippen LogP contribution < -0.4 is 0 Å². The normalized spacial score (nSPS) is 12.2. The van der Waals surface area contributed by atoms with Gasteiger partial charge in [-0.15, -0.1) is 0 Å². The molecule has 1 heterocycles. The lowest BCUT2D eigenvalue weighted by atomic mass is 9.96. The standard InChI is InChI=1S/C21H30N2O2/c1-3-5-7-8-10-17(9-6-4-2)16-25-21(24)18-11-12-19-20(15-18)23-14-13-22-19/h11-15,17H,3-10,16H2,1-2H3. The van der Waals surface area contributed by atoms with Crippen molar-refractivity contribution >= 4 is 17.0 Å². The van der Waals surface area contributed by atoms with Gasteiger partial charge in [0.1, 0.15) is 0 Å². The molecule has 0 saturated heterocycles. The molecule has 0 radical (unpaired) electrons. The van der Waals surface area contributed by atoms with E-state index in [1.165, 1.54) is 38.5 Å². The molecular formula is C21H30N2O2. The lowest BCUT2D eigenvalue weighted by Crippen LogP contribution is -2.15. The van der Waals surface area contributed by atoms with Crippen LogP contribution in [0.2, 0.25) is 0 Å². The minimum absolute atomic E-state index is 0.261. The Kier molecular flexibility index (Phi) is 8.36. The van der Waals surface area contributed by atoms with E-state index in [0.29, 0.717) is 18.1 Å². The first kappa shape index (κ1) is 19.4. The molecule has 2 rings (SSSR count). The van der Waals surface area contributed by atoms with Crippen molar-refractivity contribution in [2.45, 2.75) is 65.2 Å². The van der Waals surface area contributed by atoms with Crippen molar-refractivity contribution < 1.29 is 9.53 Å². The van der Waals surface area contributed by atoms with E-state index in [-0.39, 0.29) is 5.97 Å². The van der Waals surface area contributed by atoms with Crippen LogP contribution in [-0.2, 0) is 4.74 Å². The molecule has 0 aliphatic rings. The van der Waals surface area contributed by atoms with Crippen molar-refractivity contribution in [2.75, 3.05) is 6.61 Å². The van der Waals surface area contributed by atoms with Crippen LogP contribution in [0.5, 0.6) is 0 Å². The van der Waals surface area contributed by atoms with Crippen LogP contribution in [0.4, 0.5) is 0 Å². The summed E-state index contributed by atoms with van der Waals surface area (Å²) in [6.07, 6.45) is 13.0. The number of aromatic nitrogens is 2. The van der Waals surface area contributed by atoms with E-state index in [0.717, 1.165) is 23.9 Å². The maximum absolute atomic E-state index is 12.4. The molecule has 0 amide bonds. The van der Waals surface area contributed by atoms with E-state index < -0.39 is 0 Å². The maximum atomic E-state index is 12.4. The van der Waals surface area contributed by atoms with Crippen LogP contribution in [0, 0.1) is 5.92 Å². The Balaban J connectivity index is 1.89. The van der Waals surface area contributed by atoms with Crippen LogP contribution in [0.15, 0.2) is 30.6 Å². The summed E-state index contributed by atoms with van der Waals surface area (Å²) in [7, 11) is 0. The highest BCUT2D eigenvalue weighted by molar-refractivity contribution is 5.93. The van der Waals surface area contributed by atoms with Gasteiger partial charge in [0.25, 0.3) is 0 Å². The number of nitrogens with zero attached hydrogens (tertiary/aromatic N) is 2. The quantitative estimate of drug-likeness (QED) is 0.396. The molecule has 0 N–H and O–H groups in total. The van der Waals surface area contributed by atoms with Gasteiger partial charge in [0.15, 0.2) is 0 Å². The SMILES string of the molecule is CCCCCCC(CCCC)COC(=O)c1ccc2nccnc2c1. The third-order valence-corrected chi connectivity index (χ3v) is 4.59. The average molecular weight is 342 g/mol. The molecule has 4 heteroatoms. The second kappa shape index (κ2) is 10.8. The van der Waals surface area contributed by atoms with Crippen LogP contribution in [-0.4, -0.2) is 22.5 Å². The monoisotopic (exact) mass is 342 g/mol. The summed E-state index contributed by atoms with van der Waals surface area (Å²) in [6.45, 7) is 4.95. The van der Waals surface area contributed by atoms with E-state index in [9.17, 15) is 4.79 Å². The van der Waals surface area contributed by atoms with Crippen molar-refractivity contribution in [2.24, 2.45) is 5.92 Å². The highest BCUT2D eigenvalue weighted by Crippen LogP contribution is 2.19. The summed E-state index contributed by atoms with van der Waals surface area (Å²) in [5, 5.41) is 0. The van der Waals surface area contributed by atoms with Crippen molar-refractivity contribution in [3.63, 3.8) is 0 Å². The van der Waals surface area contributed by atoms with E-state index in [2.05, 4.69) is 23.8 Å². The molecule has 0 fully saturated rings. The van der Waals surface area contributed by atoms with Gasteiger partial charge in [0, 0.05) is 12.4 Å². The number of unbranched alkanes of at least 4 members (excludes halogenated alkanes) is 4. The summed E-state index contributed by atoms with van der Waals surface area (Å²) in [5.74, 6) is 0.212.